The van der Waals surface area contributed by atoms with Crippen LogP contribution in [0.3, 0.4) is 0 Å². The van der Waals surface area contributed by atoms with Gasteiger partial charge >= 0.3 is 0 Å². The first kappa shape index (κ1) is 13.5. The molecule has 0 radical (unpaired) electrons. The van der Waals surface area contributed by atoms with Crippen LogP contribution in [-0.4, -0.2) is 34.6 Å². The fraction of sp³-hybridized carbons (Fsp3) is 0.800. The Morgan fingerprint density at radius 1 is 1.53 bits per heavy atom. The normalized spacial score (nSPS) is 32.7. The third kappa shape index (κ3) is 2.86. The minimum absolute atomic E-state index is 0.331. The van der Waals surface area contributed by atoms with E-state index in [0.717, 1.165) is 19.0 Å². The van der Waals surface area contributed by atoms with Gasteiger partial charge in [0.15, 0.2) is 0 Å². The van der Waals surface area contributed by atoms with Gasteiger partial charge in [0.05, 0.1) is 6.54 Å². The van der Waals surface area contributed by atoms with Gasteiger partial charge in [0.2, 0.25) is 0 Å². The fourth-order valence-corrected chi connectivity index (χ4v) is 4.13. The predicted molar refractivity (Wildman–Crippen MR) is 80.5 cm³/mol. The van der Waals surface area contributed by atoms with Gasteiger partial charge in [-0.1, -0.05) is 6.92 Å². The van der Waals surface area contributed by atoms with Crippen LogP contribution in [-0.2, 0) is 6.54 Å². The zero-order valence-corrected chi connectivity index (χ0v) is 13.1. The average Bonchev–Trinajstić information content (AvgIpc) is 3.16. The molecule has 19 heavy (non-hydrogen) atoms. The number of thiazole rings is 1. The molecule has 1 aliphatic heterocycles. The van der Waals surface area contributed by atoms with E-state index >= 15 is 0 Å². The Hall–Kier alpha value is -0.450. The molecule has 1 N–H and O–H groups in total. The number of aromatic nitrogens is 1. The smallest absolute Gasteiger partial charge is 0.107 e. The Morgan fingerprint density at radius 3 is 2.89 bits per heavy atom. The van der Waals surface area contributed by atoms with Crippen molar-refractivity contribution in [1.29, 1.82) is 0 Å². The van der Waals surface area contributed by atoms with Crippen LogP contribution in [0, 0.1) is 12.8 Å². The van der Waals surface area contributed by atoms with Gasteiger partial charge in [-0.05, 0) is 39.0 Å². The Kier molecular flexibility index (Phi) is 3.67. The number of rotatable bonds is 4. The highest BCUT2D eigenvalue weighted by molar-refractivity contribution is 7.11. The lowest BCUT2D eigenvalue weighted by molar-refractivity contribution is 0.0665. The molecule has 1 saturated heterocycles. The second kappa shape index (κ2) is 5.15. The second-order valence-electron chi connectivity index (χ2n) is 6.40. The quantitative estimate of drug-likeness (QED) is 0.918. The summed E-state index contributed by atoms with van der Waals surface area (Å²) in [5.74, 6) is 0.894. The molecule has 3 rings (SSSR count). The van der Waals surface area contributed by atoms with E-state index < -0.39 is 0 Å². The van der Waals surface area contributed by atoms with E-state index in [2.05, 4.69) is 36.0 Å². The van der Waals surface area contributed by atoms with Gasteiger partial charge < -0.3 is 5.32 Å². The van der Waals surface area contributed by atoms with E-state index in [1.807, 2.05) is 17.5 Å². The zero-order valence-electron chi connectivity index (χ0n) is 12.3. The standard InChI is InChI=1S/C15H25N3S/c1-4-13-8-17-15(3,12-5-6-12)10-18(13)9-14-16-7-11(2)19-14/h7,12-13,17H,4-6,8-10H2,1-3H3. The third-order valence-electron chi connectivity index (χ3n) is 4.75. The monoisotopic (exact) mass is 279 g/mol. The number of nitrogens with one attached hydrogen (secondary N) is 1. The number of aryl methyl sites for hydroxylation is 1. The van der Waals surface area contributed by atoms with Crippen LogP contribution in [0.5, 0.6) is 0 Å². The lowest BCUT2D eigenvalue weighted by Gasteiger charge is -2.46. The molecule has 1 aliphatic carbocycles. The largest absolute Gasteiger partial charge is 0.308 e. The Balaban J connectivity index is 1.71. The van der Waals surface area contributed by atoms with E-state index in [0.29, 0.717) is 11.6 Å². The second-order valence-corrected chi connectivity index (χ2v) is 7.72. The van der Waals surface area contributed by atoms with Crippen LogP contribution in [0.25, 0.3) is 0 Å². The van der Waals surface area contributed by atoms with Gasteiger partial charge in [-0.15, -0.1) is 11.3 Å². The van der Waals surface area contributed by atoms with Crippen LogP contribution in [0.2, 0.25) is 0 Å². The molecule has 1 aromatic rings. The van der Waals surface area contributed by atoms with Crippen LogP contribution >= 0.6 is 11.3 Å². The molecule has 0 amide bonds. The van der Waals surface area contributed by atoms with Crippen molar-refractivity contribution >= 4 is 11.3 Å². The molecule has 2 heterocycles. The van der Waals surface area contributed by atoms with Crippen LogP contribution in [0.15, 0.2) is 6.20 Å². The summed E-state index contributed by atoms with van der Waals surface area (Å²) in [6, 6.07) is 0.663. The van der Waals surface area contributed by atoms with Crippen LogP contribution < -0.4 is 5.32 Å². The molecule has 1 saturated carbocycles. The van der Waals surface area contributed by atoms with E-state index in [1.165, 1.54) is 35.7 Å². The molecule has 2 aliphatic rings. The molecule has 0 bridgehead atoms. The number of piperazine rings is 1. The van der Waals surface area contributed by atoms with E-state index in [1.54, 1.807) is 0 Å². The fourth-order valence-electron chi connectivity index (χ4n) is 3.32. The summed E-state index contributed by atoms with van der Waals surface area (Å²) in [6.07, 6.45) is 6.04. The van der Waals surface area contributed by atoms with Crippen molar-refractivity contribution in [3.63, 3.8) is 0 Å². The van der Waals surface area contributed by atoms with Gasteiger partial charge in [0.25, 0.3) is 0 Å². The maximum Gasteiger partial charge on any atom is 0.107 e. The van der Waals surface area contributed by atoms with Gasteiger partial charge in [-0.2, -0.15) is 0 Å². The third-order valence-corrected chi connectivity index (χ3v) is 5.64. The van der Waals surface area contributed by atoms with E-state index in [-0.39, 0.29) is 0 Å². The van der Waals surface area contributed by atoms with Crippen molar-refractivity contribution in [3.8, 4) is 0 Å². The summed E-state index contributed by atoms with van der Waals surface area (Å²) >= 11 is 1.84. The molecule has 1 aromatic heterocycles. The number of nitrogens with zero attached hydrogens (tertiary/aromatic N) is 2. The maximum atomic E-state index is 4.54. The molecular weight excluding hydrogens is 254 g/mol. The highest BCUT2D eigenvalue weighted by Gasteiger charge is 2.45. The summed E-state index contributed by atoms with van der Waals surface area (Å²) in [5.41, 5.74) is 0.331. The summed E-state index contributed by atoms with van der Waals surface area (Å²) < 4.78 is 0. The molecule has 2 fully saturated rings. The minimum Gasteiger partial charge on any atom is -0.308 e. The van der Waals surface area contributed by atoms with Gasteiger partial charge in [0.1, 0.15) is 5.01 Å². The Labute approximate surface area is 120 Å². The zero-order chi connectivity index (χ0) is 13.5. The average molecular weight is 279 g/mol. The number of hydrogen-bond donors (Lipinski definition) is 1. The molecular formula is C15H25N3S. The molecule has 3 nitrogen and oxygen atoms in total. The maximum absolute atomic E-state index is 4.54. The van der Waals surface area contributed by atoms with E-state index in [4.69, 9.17) is 0 Å². The van der Waals surface area contributed by atoms with Crippen molar-refractivity contribution in [2.24, 2.45) is 5.92 Å². The Morgan fingerprint density at radius 2 is 2.32 bits per heavy atom. The van der Waals surface area contributed by atoms with Crippen molar-refractivity contribution in [2.75, 3.05) is 13.1 Å². The topological polar surface area (TPSA) is 28.2 Å². The first-order chi connectivity index (χ1) is 9.10. The molecule has 2 unspecified atom stereocenters. The molecule has 106 valence electrons. The lowest BCUT2D eigenvalue weighted by Crippen LogP contribution is -2.63. The minimum atomic E-state index is 0.331. The highest BCUT2D eigenvalue weighted by atomic mass is 32.1. The molecule has 4 heteroatoms. The van der Waals surface area contributed by atoms with Gasteiger partial charge in [-0.25, -0.2) is 4.98 Å². The van der Waals surface area contributed by atoms with Crippen molar-refractivity contribution < 1.29 is 0 Å². The summed E-state index contributed by atoms with van der Waals surface area (Å²) in [7, 11) is 0. The summed E-state index contributed by atoms with van der Waals surface area (Å²) in [4.78, 5) is 8.53. The van der Waals surface area contributed by atoms with Gasteiger partial charge in [-0.3, -0.25) is 4.90 Å². The summed E-state index contributed by atoms with van der Waals surface area (Å²) in [5, 5.41) is 5.09. The molecule has 0 aromatic carbocycles. The van der Waals surface area contributed by atoms with Crippen LogP contribution in [0.4, 0.5) is 0 Å². The Bertz CT molecular complexity index is 440. The first-order valence-corrected chi connectivity index (χ1v) is 8.33. The summed E-state index contributed by atoms with van der Waals surface area (Å²) in [6.45, 7) is 10.2. The predicted octanol–water partition coefficient (Wildman–Crippen LogP) is 2.80. The first-order valence-electron chi connectivity index (χ1n) is 7.51. The van der Waals surface area contributed by atoms with Crippen molar-refractivity contribution in [3.05, 3.63) is 16.1 Å². The SMILES string of the molecule is CCC1CNC(C)(C2CC2)CN1Cc1ncc(C)s1. The lowest BCUT2D eigenvalue weighted by atomic mass is 9.90. The molecule has 0 spiro atoms. The van der Waals surface area contributed by atoms with Crippen molar-refractivity contribution in [1.82, 2.24) is 15.2 Å². The van der Waals surface area contributed by atoms with Crippen LogP contribution in [0.1, 0.15) is 43.0 Å². The molecule has 2 atom stereocenters. The van der Waals surface area contributed by atoms with Crippen molar-refractivity contribution in [2.45, 2.75) is 58.2 Å². The highest BCUT2D eigenvalue weighted by Crippen LogP contribution is 2.41. The van der Waals surface area contributed by atoms with Gasteiger partial charge in [0, 0.05) is 35.7 Å². The number of hydrogen-bond acceptors (Lipinski definition) is 4. The van der Waals surface area contributed by atoms with E-state index in [9.17, 15) is 0 Å².